The third kappa shape index (κ3) is 3.16. The Labute approximate surface area is 146 Å². The average molecular weight is 341 g/mol. The van der Waals surface area contributed by atoms with Gasteiger partial charge in [0.2, 0.25) is 0 Å². The van der Waals surface area contributed by atoms with Crippen LogP contribution in [0.25, 0.3) is 0 Å². The molecule has 1 N–H and O–H groups in total. The molecule has 2 atom stereocenters. The molecule has 2 fully saturated rings. The molecule has 7 heteroatoms. The lowest BCUT2D eigenvalue weighted by Gasteiger charge is -2.17. The van der Waals surface area contributed by atoms with Gasteiger partial charge in [-0.3, -0.25) is 14.9 Å². The number of nitrogens with one attached hydrogen (secondary N) is 1. The van der Waals surface area contributed by atoms with E-state index < -0.39 is 0 Å². The van der Waals surface area contributed by atoms with Gasteiger partial charge in [-0.15, -0.1) is 0 Å². The fourth-order valence-electron chi connectivity index (χ4n) is 3.83. The van der Waals surface area contributed by atoms with Gasteiger partial charge in [0.15, 0.2) is 11.6 Å². The van der Waals surface area contributed by atoms with Gasteiger partial charge < -0.3 is 9.64 Å². The number of ether oxygens (including phenoxy) is 1. The van der Waals surface area contributed by atoms with Gasteiger partial charge in [-0.1, -0.05) is 0 Å². The van der Waals surface area contributed by atoms with Crippen LogP contribution in [0.1, 0.15) is 46.3 Å². The van der Waals surface area contributed by atoms with E-state index in [1.165, 1.54) is 12.8 Å². The number of aryl methyl sites for hydroxylation is 1. The molecule has 132 valence electrons. The number of likely N-dealkylation sites (tertiary alicyclic amines) is 1. The summed E-state index contributed by atoms with van der Waals surface area (Å²) in [4.78, 5) is 23.6. The highest BCUT2D eigenvalue weighted by atomic mass is 16.5. The predicted molar refractivity (Wildman–Crippen MR) is 90.9 cm³/mol. The maximum atomic E-state index is 13.0. The molecule has 25 heavy (non-hydrogen) atoms. The van der Waals surface area contributed by atoms with E-state index in [4.69, 9.17) is 4.74 Å². The molecule has 0 unspecified atom stereocenters. The van der Waals surface area contributed by atoms with E-state index in [0.717, 1.165) is 29.3 Å². The first-order chi connectivity index (χ1) is 12.2. The maximum absolute atomic E-state index is 13.0. The Morgan fingerprint density at radius 3 is 2.96 bits per heavy atom. The Balaban J connectivity index is 1.56. The summed E-state index contributed by atoms with van der Waals surface area (Å²) in [6.07, 6.45) is 5.91. The van der Waals surface area contributed by atoms with E-state index in [9.17, 15) is 4.79 Å². The van der Waals surface area contributed by atoms with Gasteiger partial charge in [0.05, 0.1) is 0 Å². The Morgan fingerprint density at radius 1 is 1.40 bits per heavy atom. The minimum Gasteiger partial charge on any atom is -0.377 e. The second-order valence-corrected chi connectivity index (χ2v) is 7.08. The highest BCUT2D eigenvalue weighted by Gasteiger charge is 2.46. The zero-order valence-electron chi connectivity index (χ0n) is 14.6. The summed E-state index contributed by atoms with van der Waals surface area (Å²) in [5, 5.41) is 7.35. The number of nitrogens with zero attached hydrogens (tertiary/aromatic N) is 4. The van der Waals surface area contributed by atoms with Crippen molar-refractivity contribution in [1.29, 1.82) is 0 Å². The quantitative estimate of drug-likeness (QED) is 0.898. The summed E-state index contributed by atoms with van der Waals surface area (Å²) in [7, 11) is 1.64. The minimum absolute atomic E-state index is 0.0840. The summed E-state index contributed by atoms with van der Waals surface area (Å²) in [5.41, 5.74) is 1.65. The molecule has 3 heterocycles. The monoisotopic (exact) mass is 341 g/mol. The maximum Gasteiger partial charge on any atom is 0.254 e. The first-order valence-corrected chi connectivity index (χ1v) is 8.77. The Kier molecular flexibility index (Phi) is 4.25. The molecule has 0 aromatic carbocycles. The number of hydrogen-bond acceptors (Lipinski definition) is 5. The zero-order valence-corrected chi connectivity index (χ0v) is 14.6. The molecule has 4 rings (SSSR count). The largest absolute Gasteiger partial charge is 0.377 e. The summed E-state index contributed by atoms with van der Waals surface area (Å²) in [5.74, 6) is 2.96. The molecule has 2 aromatic heterocycles. The van der Waals surface area contributed by atoms with Crippen LogP contribution in [0.5, 0.6) is 0 Å². The van der Waals surface area contributed by atoms with Crippen LogP contribution in [0.2, 0.25) is 0 Å². The van der Waals surface area contributed by atoms with Crippen molar-refractivity contribution in [3.63, 3.8) is 0 Å². The van der Waals surface area contributed by atoms with E-state index in [1.54, 1.807) is 25.6 Å². The van der Waals surface area contributed by atoms with E-state index in [1.807, 2.05) is 11.8 Å². The number of pyridine rings is 1. The van der Waals surface area contributed by atoms with Gasteiger partial charge >= 0.3 is 0 Å². The molecule has 2 aromatic rings. The van der Waals surface area contributed by atoms with Crippen molar-refractivity contribution in [2.75, 3.05) is 20.2 Å². The fourth-order valence-corrected chi connectivity index (χ4v) is 3.83. The Morgan fingerprint density at radius 2 is 2.24 bits per heavy atom. The van der Waals surface area contributed by atoms with Crippen molar-refractivity contribution in [2.24, 2.45) is 11.8 Å². The average Bonchev–Trinajstić information content (AvgIpc) is 3.19. The van der Waals surface area contributed by atoms with Gasteiger partial charge in [-0.2, -0.15) is 5.10 Å². The van der Waals surface area contributed by atoms with Crippen molar-refractivity contribution in [2.45, 2.75) is 32.3 Å². The normalized spacial score (nSPS) is 23.2. The molecular weight excluding hydrogens is 318 g/mol. The zero-order chi connectivity index (χ0) is 17.4. The van der Waals surface area contributed by atoms with E-state index >= 15 is 0 Å². The first kappa shape index (κ1) is 16.2. The fraction of sp³-hybridized carbons (Fsp3) is 0.556. The SMILES string of the molecule is COCc1nc([C@H]2CN(C(=O)c3ccncc3C)C[C@@H]2C2CC2)n[nH]1. The van der Waals surface area contributed by atoms with Crippen molar-refractivity contribution in [3.8, 4) is 0 Å². The summed E-state index contributed by atoms with van der Waals surface area (Å²) >= 11 is 0. The molecule has 1 amide bonds. The van der Waals surface area contributed by atoms with E-state index in [-0.39, 0.29) is 11.8 Å². The van der Waals surface area contributed by atoms with Crippen molar-refractivity contribution in [3.05, 3.63) is 41.2 Å². The summed E-state index contributed by atoms with van der Waals surface area (Å²) < 4.78 is 5.12. The lowest BCUT2D eigenvalue weighted by molar-refractivity contribution is 0.0784. The van der Waals surface area contributed by atoms with E-state index in [0.29, 0.717) is 25.0 Å². The third-order valence-electron chi connectivity index (χ3n) is 5.29. The molecule has 1 aliphatic heterocycles. The van der Waals surface area contributed by atoms with E-state index in [2.05, 4.69) is 20.2 Å². The van der Waals surface area contributed by atoms with Gasteiger partial charge in [0, 0.05) is 44.1 Å². The lowest BCUT2D eigenvalue weighted by Crippen LogP contribution is -2.29. The van der Waals surface area contributed by atoms with Crippen LogP contribution in [0.4, 0.5) is 0 Å². The Bertz CT molecular complexity index is 770. The number of carbonyl (C=O) groups excluding carboxylic acids is 1. The molecule has 0 radical (unpaired) electrons. The third-order valence-corrected chi connectivity index (χ3v) is 5.29. The predicted octanol–water partition coefficient (Wildman–Crippen LogP) is 1.92. The molecule has 7 nitrogen and oxygen atoms in total. The van der Waals surface area contributed by atoms with Crippen LogP contribution < -0.4 is 0 Å². The number of amides is 1. The number of hydrogen-bond donors (Lipinski definition) is 1. The summed E-state index contributed by atoms with van der Waals surface area (Å²) in [6, 6.07) is 1.81. The first-order valence-electron chi connectivity index (χ1n) is 8.77. The molecular formula is C18H23N5O2. The molecule has 0 spiro atoms. The molecule has 1 saturated carbocycles. The lowest BCUT2D eigenvalue weighted by atomic mass is 9.91. The number of H-pyrrole nitrogens is 1. The molecule has 1 saturated heterocycles. The van der Waals surface area contributed by atoms with Gasteiger partial charge in [-0.05, 0) is 43.2 Å². The van der Waals surface area contributed by atoms with Crippen molar-refractivity contribution in [1.82, 2.24) is 25.1 Å². The van der Waals surface area contributed by atoms with Crippen LogP contribution in [0.15, 0.2) is 18.5 Å². The number of aromatic amines is 1. The highest BCUT2D eigenvalue weighted by molar-refractivity contribution is 5.95. The number of methoxy groups -OCH3 is 1. The van der Waals surface area contributed by atoms with Crippen LogP contribution in [-0.4, -0.2) is 51.2 Å². The highest BCUT2D eigenvalue weighted by Crippen LogP contribution is 2.47. The van der Waals surface area contributed by atoms with Crippen molar-refractivity contribution < 1.29 is 9.53 Å². The summed E-state index contributed by atoms with van der Waals surface area (Å²) in [6.45, 7) is 3.81. The second kappa shape index (κ2) is 6.55. The van der Waals surface area contributed by atoms with Crippen LogP contribution in [-0.2, 0) is 11.3 Å². The second-order valence-electron chi connectivity index (χ2n) is 7.08. The standard InChI is InChI=1S/C18H23N5O2/c1-11-7-19-6-5-13(11)18(24)23-8-14(12-3-4-12)15(9-23)17-20-16(10-25-2)21-22-17/h5-7,12,14-15H,3-4,8-10H2,1-2H3,(H,20,21,22)/t14-,15+/m1/s1. The van der Waals surface area contributed by atoms with Crippen LogP contribution >= 0.6 is 0 Å². The number of aromatic nitrogens is 4. The smallest absolute Gasteiger partial charge is 0.254 e. The van der Waals surface area contributed by atoms with Crippen LogP contribution in [0, 0.1) is 18.8 Å². The van der Waals surface area contributed by atoms with Gasteiger partial charge in [0.25, 0.3) is 5.91 Å². The van der Waals surface area contributed by atoms with Gasteiger partial charge in [0.1, 0.15) is 6.61 Å². The van der Waals surface area contributed by atoms with Crippen molar-refractivity contribution >= 4 is 5.91 Å². The number of carbonyl (C=O) groups is 1. The van der Waals surface area contributed by atoms with Gasteiger partial charge in [-0.25, -0.2) is 4.98 Å². The number of rotatable bonds is 5. The van der Waals surface area contributed by atoms with Crippen LogP contribution in [0.3, 0.4) is 0 Å². The molecule has 1 aliphatic carbocycles. The minimum atomic E-state index is 0.0840. The molecule has 0 bridgehead atoms. The Hall–Kier alpha value is -2.28. The molecule has 2 aliphatic rings. The topological polar surface area (TPSA) is 84.0 Å².